The van der Waals surface area contributed by atoms with Gasteiger partial charge in [-0.3, -0.25) is 0 Å². The lowest BCUT2D eigenvalue weighted by Crippen LogP contribution is -2.15. The van der Waals surface area contributed by atoms with Crippen molar-refractivity contribution >= 4 is 0 Å². The second-order valence-corrected chi connectivity index (χ2v) is 4.61. The molecule has 0 bridgehead atoms. The van der Waals surface area contributed by atoms with Crippen LogP contribution in [0.3, 0.4) is 0 Å². The van der Waals surface area contributed by atoms with Gasteiger partial charge in [0.1, 0.15) is 5.82 Å². The fraction of sp³-hybridized carbons (Fsp3) is 0.538. The summed E-state index contributed by atoms with van der Waals surface area (Å²) in [4.78, 5) is 0. The molecule has 1 aromatic carbocycles. The van der Waals surface area contributed by atoms with Crippen LogP contribution in [0.2, 0.25) is 0 Å². The maximum absolute atomic E-state index is 13.1. The normalized spacial score (nSPS) is 15.4. The molecule has 0 saturated carbocycles. The molecule has 1 aromatic rings. The minimum absolute atomic E-state index is 0.131. The summed E-state index contributed by atoms with van der Waals surface area (Å²) in [5.74, 6) is 0.231. The van der Waals surface area contributed by atoms with E-state index in [1.807, 2.05) is 19.9 Å². The van der Waals surface area contributed by atoms with E-state index in [-0.39, 0.29) is 11.7 Å². The summed E-state index contributed by atoms with van der Waals surface area (Å²) >= 11 is 0. The first-order valence-electron chi connectivity index (χ1n) is 5.37. The van der Waals surface area contributed by atoms with E-state index < -0.39 is 6.10 Å². The van der Waals surface area contributed by atoms with Gasteiger partial charge in [0.25, 0.3) is 0 Å². The van der Waals surface area contributed by atoms with E-state index in [9.17, 15) is 9.50 Å². The number of halogens is 1. The molecule has 2 heteroatoms. The first-order chi connectivity index (χ1) is 6.91. The summed E-state index contributed by atoms with van der Waals surface area (Å²) < 4.78 is 13.1. The van der Waals surface area contributed by atoms with Crippen LogP contribution < -0.4 is 0 Å². The number of hydrogen-bond donors (Lipinski definition) is 1. The van der Waals surface area contributed by atoms with Crippen LogP contribution in [0.1, 0.15) is 38.0 Å². The first-order valence-corrected chi connectivity index (χ1v) is 5.37. The molecular weight excluding hydrogens is 191 g/mol. The molecule has 1 N–H and O–H groups in total. The highest BCUT2D eigenvalue weighted by molar-refractivity contribution is 5.25. The molecule has 0 aliphatic heterocycles. The average Bonchev–Trinajstić information content (AvgIpc) is 2.13. The zero-order valence-electron chi connectivity index (χ0n) is 9.79. The quantitative estimate of drug-likeness (QED) is 0.810. The van der Waals surface area contributed by atoms with Crippen LogP contribution in [-0.2, 0) is 0 Å². The van der Waals surface area contributed by atoms with Crippen LogP contribution in [0.15, 0.2) is 18.2 Å². The predicted octanol–water partition coefficient (Wildman–Crippen LogP) is 3.46. The third-order valence-corrected chi connectivity index (χ3v) is 2.96. The second-order valence-electron chi connectivity index (χ2n) is 4.61. The lowest BCUT2D eigenvalue weighted by atomic mass is 9.88. The molecular formula is C13H19FO. The number of aryl methyl sites for hydroxylation is 1. The number of aliphatic hydroxyl groups is 1. The molecule has 15 heavy (non-hydrogen) atoms. The van der Waals surface area contributed by atoms with Gasteiger partial charge in [-0.25, -0.2) is 4.39 Å². The van der Waals surface area contributed by atoms with Crippen molar-refractivity contribution in [2.24, 2.45) is 11.8 Å². The summed E-state index contributed by atoms with van der Waals surface area (Å²) in [5, 5.41) is 10.0. The van der Waals surface area contributed by atoms with Crippen LogP contribution in [0.5, 0.6) is 0 Å². The summed E-state index contributed by atoms with van der Waals surface area (Å²) in [7, 11) is 0. The number of benzene rings is 1. The van der Waals surface area contributed by atoms with Gasteiger partial charge in [0.05, 0.1) is 6.10 Å². The molecule has 2 unspecified atom stereocenters. The number of hydrogen-bond acceptors (Lipinski definition) is 1. The first kappa shape index (κ1) is 12.2. The zero-order chi connectivity index (χ0) is 11.6. The van der Waals surface area contributed by atoms with E-state index in [0.29, 0.717) is 11.5 Å². The van der Waals surface area contributed by atoms with Gasteiger partial charge in [-0.05, 0) is 42.0 Å². The molecule has 84 valence electrons. The second kappa shape index (κ2) is 4.75. The third-order valence-electron chi connectivity index (χ3n) is 2.96. The van der Waals surface area contributed by atoms with Gasteiger partial charge in [0, 0.05) is 0 Å². The largest absolute Gasteiger partial charge is 0.388 e. The molecule has 2 atom stereocenters. The van der Waals surface area contributed by atoms with E-state index in [0.717, 1.165) is 5.56 Å². The standard InChI is InChI=1S/C13H19FO/c1-8(2)10(4)13(15)11-5-9(3)6-12(14)7-11/h5-8,10,13,15H,1-4H3. The Kier molecular flexibility index (Phi) is 3.86. The molecule has 0 saturated heterocycles. The van der Waals surface area contributed by atoms with Gasteiger partial charge in [-0.2, -0.15) is 0 Å². The van der Waals surface area contributed by atoms with Gasteiger partial charge in [0.15, 0.2) is 0 Å². The highest BCUT2D eigenvalue weighted by atomic mass is 19.1. The fourth-order valence-corrected chi connectivity index (χ4v) is 1.60. The Morgan fingerprint density at radius 3 is 2.20 bits per heavy atom. The van der Waals surface area contributed by atoms with Gasteiger partial charge >= 0.3 is 0 Å². The van der Waals surface area contributed by atoms with E-state index >= 15 is 0 Å². The Morgan fingerprint density at radius 1 is 1.13 bits per heavy atom. The van der Waals surface area contributed by atoms with Crippen molar-refractivity contribution in [3.63, 3.8) is 0 Å². The summed E-state index contributed by atoms with van der Waals surface area (Å²) in [6.07, 6.45) is -0.584. The molecule has 0 fully saturated rings. The number of rotatable bonds is 3. The Balaban J connectivity index is 2.95. The highest BCUT2D eigenvalue weighted by Crippen LogP contribution is 2.28. The molecule has 0 aliphatic carbocycles. The SMILES string of the molecule is Cc1cc(F)cc(C(O)C(C)C(C)C)c1. The zero-order valence-corrected chi connectivity index (χ0v) is 9.79. The van der Waals surface area contributed by atoms with Crippen LogP contribution in [0, 0.1) is 24.6 Å². The van der Waals surface area contributed by atoms with Crippen molar-refractivity contribution in [2.75, 3.05) is 0 Å². The fourth-order valence-electron chi connectivity index (χ4n) is 1.60. The van der Waals surface area contributed by atoms with Crippen molar-refractivity contribution in [1.82, 2.24) is 0 Å². The monoisotopic (exact) mass is 210 g/mol. The van der Waals surface area contributed by atoms with Gasteiger partial charge in [0.2, 0.25) is 0 Å². The summed E-state index contributed by atoms with van der Waals surface area (Å²) in [6, 6.07) is 4.72. The predicted molar refractivity (Wildman–Crippen MR) is 60.1 cm³/mol. The molecule has 0 radical (unpaired) electrons. The minimum atomic E-state index is -0.584. The third kappa shape index (κ3) is 3.03. The van der Waals surface area contributed by atoms with Crippen molar-refractivity contribution in [2.45, 2.75) is 33.8 Å². The van der Waals surface area contributed by atoms with E-state index in [4.69, 9.17) is 0 Å². The van der Waals surface area contributed by atoms with Gasteiger partial charge in [-0.1, -0.05) is 26.8 Å². The van der Waals surface area contributed by atoms with E-state index in [1.54, 1.807) is 0 Å². The van der Waals surface area contributed by atoms with Crippen LogP contribution >= 0.6 is 0 Å². The molecule has 0 amide bonds. The van der Waals surface area contributed by atoms with Gasteiger partial charge < -0.3 is 5.11 Å². The minimum Gasteiger partial charge on any atom is -0.388 e. The summed E-state index contributed by atoms with van der Waals surface area (Å²) in [6.45, 7) is 7.93. The van der Waals surface area contributed by atoms with Crippen LogP contribution in [-0.4, -0.2) is 5.11 Å². The maximum Gasteiger partial charge on any atom is 0.123 e. The molecule has 1 nitrogen and oxygen atoms in total. The van der Waals surface area contributed by atoms with Crippen molar-refractivity contribution < 1.29 is 9.50 Å². The van der Waals surface area contributed by atoms with Crippen LogP contribution in [0.25, 0.3) is 0 Å². The van der Waals surface area contributed by atoms with Gasteiger partial charge in [-0.15, -0.1) is 0 Å². The average molecular weight is 210 g/mol. The highest BCUT2D eigenvalue weighted by Gasteiger charge is 2.19. The number of aliphatic hydroxyl groups excluding tert-OH is 1. The molecule has 1 rings (SSSR count). The van der Waals surface area contributed by atoms with E-state index in [2.05, 4.69) is 13.8 Å². The smallest absolute Gasteiger partial charge is 0.123 e. The Labute approximate surface area is 90.9 Å². The van der Waals surface area contributed by atoms with Crippen molar-refractivity contribution in [3.8, 4) is 0 Å². The molecule has 0 aliphatic rings. The topological polar surface area (TPSA) is 20.2 Å². The summed E-state index contributed by atoms with van der Waals surface area (Å²) in [5.41, 5.74) is 1.52. The van der Waals surface area contributed by atoms with Crippen molar-refractivity contribution in [3.05, 3.63) is 35.1 Å². The van der Waals surface area contributed by atoms with Crippen molar-refractivity contribution in [1.29, 1.82) is 0 Å². The lowest BCUT2D eigenvalue weighted by molar-refractivity contribution is 0.0917. The molecule has 0 heterocycles. The van der Waals surface area contributed by atoms with E-state index in [1.165, 1.54) is 12.1 Å². The molecule has 0 spiro atoms. The Bertz CT molecular complexity index is 313. The lowest BCUT2D eigenvalue weighted by Gasteiger charge is -2.22. The van der Waals surface area contributed by atoms with Crippen LogP contribution in [0.4, 0.5) is 4.39 Å². The maximum atomic E-state index is 13.1. The molecule has 0 aromatic heterocycles. The Hall–Kier alpha value is -0.890. The Morgan fingerprint density at radius 2 is 1.73 bits per heavy atom.